The zero-order valence-corrected chi connectivity index (χ0v) is 19.2. The van der Waals surface area contributed by atoms with E-state index in [-0.39, 0.29) is 17.5 Å². The van der Waals surface area contributed by atoms with Crippen molar-refractivity contribution in [1.29, 1.82) is 0 Å². The molecule has 1 aromatic heterocycles. The highest BCUT2D eigenvalue weighted by molar-refractivity contribution is 7.86. The molecule has 0 atom stereocenters. The largest absolute Gasteiger partial charge is 0.335 e. The summed E-state index contributed by atoms with van der Waals surface area (Å²) in [4.78, 5) is 14.6. The second-order valence-electron chi connectivity index (χ2n) is 9.26. The van der Waals surface area contributed by atoms with Crippen LogP contribution in [0.4, 0.5) is 0 Å². The summed E-state index contributed by atoms with van der Waals surface area (Å²) >= 11 is 0. The predicted octanol–water partition coefficient (Wildman–Crippen LogP) is 2.21. The maximum atomic E-state index is 13.0. The molecule has 1 saturated carbocycles. The van der Waals surface area contributed by atoms with E-state index in [0.29, 0.717) is 31.9 Å². The van der Waals surface area contributed by atoms with E-state index in [1.807, 2.05) is 38.4 Å². The molecule has 1 aromatic rings. The summed E-state index contributed by atoms with van der Waals surface area (Å²) in [6.45, 7) is 9.51. The highest BCUT2D eigenvalue weighted by Crippen LogP contribution is 2.25. The Morgan fingerprint density at radius 1 is 1.10 bits per heavy atom. The third-order valence-corrected chi connectivity index (χ3v) is 8.09. The van der Waals surface area contributed by atoms with Crippen LogP contribution in [0, 0.1) is 6.92 Å². The SMILES string of the molecule is Cc1cc(C(=O)N2CCN(S(=O)(=O)N(C)C3CCCCC3)CC2)nn1C(C)(C)C. The summed E-state index contributed by atoms with van der Waals surface area (Å²) in [6, 6.07) is 1.91. The Morgan fingerprint density at radius 2 is 1.69 bits per heavy atom. The van der Waals surface area contributed by atoms with Gasteiger partial charge in [-0.15, -0.1) is 0 Å². The zero-order chi connectivity index (χ0) is 21.4. The smallest absolute Gasteiger partial charge is 0.282 e. The number of carbonyl (C=O) groups is 1. The van der Waals surface area contributed by atoms with E-state index in [1.54, 1.807) is 16.3 Å². The minimum atomic E-state index is -3.49. The van der Waals surface area contributed by atoms with Gasteiger partial charge in [0.05, 0.1) is 5.54 Å². The van der Waals surface area contributed by atoms with Gasteiger partial charge in [0.25, 0.3) is 16.1 Å². The van der Waals surface area contributed by atoms with Gasteiger partial charge in [-0.2, -0.15) is 22.1 Å². The molecular formula is C20H35N5O3S. The molecule has 0 unspecified atom stereocenters. The quantitative estimate of drug-likeness (QED) is 0.741. The summed E-state index contributed by atoms with van der Waals surface area (Å²) in [6.07, 6.45) is 5.24. The van der Waals surface area contributed by atoms with Crippen molar-refractivity contribution in [2.45, 2.75) is 71.4 Å². The van der Waals surface area contributed by atoms with Gasteiger partial charge in [-0.1, -0.05) is 19.3 Å². The average molecular weight is 426 g/mol. The number of amides is 1. The highest BCUT2D eigenvalue weighted by Gasteiger charge is 2.36. The van der Waals surface area contributed by atoms with Gasteiger partial charge >= 0.3 is 0 Å². The molecule has 164 valence electrons. The van der Waals surface area contributed by atoms with Crippen molar-refractivity contribution in [2.24, 2.45) is 0 Å². The van der Waals surface area contributed by atoms with Gasteiger partial charge in [-0.05, 0) is 46.6 Å². The number of piperazine rings is 1. The number of nitrogens with zero attached hydrogens (tertiary/aromatic N) is 5. The molecule has 29 heavy (non-hydrogen) atoms. The van der Waals surface area contributed by atoms with Crippen molar-refractivity contribution in [2.75, 3.05) is 33.2 Å². The fourth-order valence-electron chi connectivity index (χ4n) is 4.36. The molecule has 1 amide bonds. The molecule has 2 fully saturated rings. The summed E-state index contributed by atoms with van der Waals surface area (Å²) in [5, 5.41) is 4.50. The van der Waals surface area contributed by atoms with Crippen LogP contribution < -0.4 is 0 Å². The van der Waals surface area contributed by atoms with E-state index >= 15 is 0 Å². The Bertz CT molecular complexity index is 829. The van der Waals surface area contributed by atoms with Crippen LogP contribution in [0.1, 0.15) is 69.1 Å². The van der Waals surface area contributed by atoms with E-state index in [1.165, 1.54) is 10.7 Å². The standard InChI is InChI=1S/C20H35N5O3S/c1-16-15-18(21-25(16)20(2,3)4)19(26)23-11-13-24(14-12-23)29(27,28)22(5)17-9-7-6-8-10-17/h15,17H,6-14H2,1-5H3. The van der Waals surface area contributed by atoms with Gasteiger partial charge in [0.15, 0.2) is 5.69 Å². The van der Waals surface area contributed by atoms with Crippen molar-refractivity contribution in [3.05, 3.63) is 17.5 Å². The first kappa shape index (κ1) is 22.2. The Morgan fingerprint density at radius 3 is 2.21 bits per heavy atom. The predicted molar refractivity (Wildman–Crippen MR) is 113 cm³/mol. The van der Waals surface area contributed by atoms with Crippen LogP contribution in [-0.2, 0) is 15.7 Å². The van der Waals surface area contributed by atoms with E-state index in [9.17, 15) is 13.2 Å². The van der Waals surface area contributed by atoms with Crippen LogP contribution in [0.25, 0.3) is 0 Å². The maximum Gasteiger partial charge on any atom is 0.282 e. The van der Waals surface area contributed by atoms with Crippen LogP contribution in [0.3, 0.4) is 0 Å². The molecule has 3 rings (SSSR count). The second-order valence-corrected chi connectivity index (χ2v) is 11.2. The van der Waals surface area contributed by atoms with Crippen molar-refractivity contribution in [1.82, 2.24) is 23.3 Å². The summed E-state index contributed by atoms with van der Waals surface area (Å²) < 4.78 is 31.0. The average Bonchev–Trinajstić information content (AvgIpc) is 3.09. The number of aromatic nitrogens is 2. The Labute approximate surface area is 175 Å². The lowest BCUT2D eigenvalue weighted by Crippen LogP contribution is -2.55. The van der Waals surface area contributed by atoms with E-state index in [0.717, 1.165) is 31.4 Å². The van der Waals surface area contributed by atoms with Crippen molar-refractivity contribution in [3.63, 3.8) is 0 Å². The molecule has 0 radical (unpaired) electrons. The molecule has 0 aromatic carbocycles. The van der Waals surface area contributed by atoms with E-state index in [2.05, 4.69) is 5.10 Å². The summed E-state index contributed by atoms with van der Waals surface area (Å²) in [7, 11) is -1.79. The second kappa shape index (κ2) is 8.35. The molecule has 2 aliphatic rings. The fourth-order valence-corrected chi connectivity index (χ4v) is 5.93. The minimum absolute atomic E-state index is 0.0951. The lowest BCUT2D eigenvalue weighted by atomic mass is 9.96. The Hall–Kier alpha value is -1.45. The topological polar surface area (TPSA) is 78.8 Å². The van der Waals surface area contributed by atoms with Crippen molar-refractivity contribution >= 4 is 16.1 Å². The van der Waals surface area contributed by atoms with E-state index in [4.69, 9.17) is 0 Å². The lowest BCUT2D eigenvalue weighted by molar-refractivity contribution is 0.0685. The molecule has 2 heterocycles. The monoisotopic (exact) mass is 425 g/mol. The number of rotatable bonds is 4. The highest BCUT2D eigenvalue weighted by atomic mass is 32.2. The van der Waals surface area contributed by atoms with E-state index < -0.39 is 10.2 Å². The lowest BCUT2D eigenvalue weighted by Gasteiger charge is -2.38. The Kier molecular flexibility index (Phi) is 6.41. The van der Waals surface area contributed by atoms with Crippen LogP contribution in [-0.4, -0.2) is 76.9 Å². The van der Waals surface area contributed by atoms with Crippen LogP contribution in [0.15, 0.2) is 6.07 Å². The molecule has 1 aliphatic heterocycles. The molecule has 0 spiro atoms. The molecule has 8 nitrogen and oxygen atoms in total. The number of aryl methyl sites for hydroxylation is 1. The van der Waals surface area contributed by atoms with Gasteiger partial charge in [0.2, 0.25) is 0 Å². The molecule has 9 heteroatoms. The van der Waals surface area contributed by atoms with Gasteiger partial charge in [0, 0.05) is 45.0 Å². The first-order valence-electron chi connectivity index (χ1n) is 10.6. The van der Waals surface area contributed by atoms with Crippen molar-refractivity contribution < 1.29 is 13.2 Å². The summed E-state index contributed by atoms with van der Waals surface area (Å²) in [5.74, 6) is -0.131. The molecular weight excluding hydrogens is 390 g/mol. The molecule has 1 aliphatic carbocycles. The zero-order valence-electron chi connectivity index (χ0n) is 18.4. The van der Waals surface area contributed by atoms with Crippen molar-refractivity contribution in [3.8, 4) is 0 Å². The minimum Gasteiger partial charge on any atom is -0.335 e. The van der Waals surface area contributed by atoms with Gasteiger partial charge in [-0.3, -0.25) is 9.48 Å². The number of hydrogen-bond donors (Lipinski definition) is 0. The first-order chi connectivity index (χ1) is 13.5. The van der Waals surface area contributed by atoms with Gasteiger partial charge in [-0.25, -0.2) is 0 Å². The third-order valence-electron chi connectivity index (χ3n) is 6.05. The fraction of sp³-hybridized carbons (Fsp3) is 0.800. The summed E-state index contributed by atoms with van der Waals surface area (Å²) in [5.41, 5.74) is 1.17. The molecule has 1 saturated heterocycles. The van der Waals surface area contributed by atoms with Crippen LogP contribution in [0.5, 0.6) is 0 Å². The van der Waals surface area contributed by atoms with Gasteiger partial charge in [0.1, 0.15) is 0 Å². The third kappa shape index (κ3) is 4.67. The molecule has 0 bridgehead atoms. The normalized spacial score (nSPS) is 20.4. The first-order valence-corrected chi connectivity index (χ1v) is 12.0. The van der Waals surface area contributed by atoms with Gasteiger partial charge < -0.3 is 4.90 Å². The molecule has 0 N–H and O–H groups in total. The van der Waals surface area contributed by atoms with Crippen LogP contribution in [0.2, 0.25) is 0 Å². The number of hydrogen-bond acceptors (Lipinski definition) is 4. The number of carbonyl (C=O) groups excluding carboxylic acids is 1. The Balaban J connectivity index is 1.63. The van der Waals surface area contributed by atoms with Crippen LogP contribution >= 0.6 is 0 Å². The maximum absolute atomic E-state index is 13.0.